The van der Waals surface area contributed by atoms with E-state index in [0.717, 1.165) is 33.3 Å². The molecule has 0 bridgehead atoms. The van der Waals surface area contributed by atoms with Crippen LogP contribution in [0, 0.1) is 27.7 Å². The number of nitrogens with zero attached hydrogens (tertiary/aromatic N) is 1. The second-order valence-corrected chi connectivity index (χ2v) is 7.58. The van der Waals surface area contributed by atoms with Crippen molar-refractivity contribution in [3.63, 3.8) is 0 Å². The summed E-state index contributed by atoms with van der Waals surface area (Å²) in [5.74, 6) is 0.373. The Morgan fingerprint density at radius 2 is 1.72 bits per heavy atom. The molecule has 0 saturated heterocycles. The van der Waals surface area contributed by atoms with Gasteiger partial charge in [0.05, 0.1) is 12.6 Å². The Hall–Kier alpha value is -3.08. The molecule has 0 spiro atoms. The Morgan fingerprint density at radius 1 is 1.07 bits per heavy atom. The third kappa shape index (κ3) is 3.77. The third-order valence-electron chi connectivity index (χ3n) is 5.39. The zero-order chi connectivity index (χ0) is 21.3. The number of pyridine rings is 1. The minimum absolute atomic E-state index is 0.208. The molecule has 1 atom stereocenters. The number of fused-ring (bicyclic) bond motifs is 1. The number of anilines is 1. The molecule has 1 aromatic heterocycles. The summed E-state index contributed by atoms with van der Waals surface area (Å²) in [4.78, 5) is 26.3. The number of benzene rings is 2. The SMILES string of the molecule is CCC(C(=O)Nc1c(C)cc(C)cc1C)n1c(=O)cc(C)c2cccc(OC)c21. The van der Waals surface area contributed by atoms with Gasteiger partial charge in [0.25, 0.3) is 5.56 Å². The highest BCUT2D eigenvalue weighted by atomic mass is 16.5. The van der Waals surface area contributed by atoms with Crippen LogP contribution in [0.3, 0.4) is 0 Å². The zero-order valence-corrected chi connectivity index (χ0v) is 17.9. The number of ether oxygens (including phenoxy) is 1. The fraction of sp³-hybridized carbons (Fsp3) is 0.333. The Morgan fingerprint density at radius 3 is 2.31 bits per heavy atom. The van der Waals surface area contributed by atoms with Gasteiger partial charge >= 0.3 is 0 Å². The van der Waals surface area contributed by atoms with Crippen LogP contribution in [0.2, 0.25) is 0 Å². The van der Waals surface area contributed by atoms with Gasteiger partial charge < -0.3 is 10.1 Å². The van der Waals surface area contributed by atoms with Gasteiger partial charge in [-0.2, -0.15) is 0 Å². The normalized spacial score (nSPS) is 12.1. The molecule has 0 radical (unpaired) electrons. The molecule has 3 rings (SSSR count). The average Bonchev–Trinajstić information content (AvgIpc) is 2.67. The molecule has 1 heterocycles. The maximum atomic E-state index is 13.3. The van der Waals surface area contributed by atoms with E-state index in [1.165, 1.54) is 0 Å². The van der Waals surface area contributed by atoms with Crippen LogP contribution in [0.25, 0.3) is 10.9 Å². The van der Waals surface area contributed by atoms with E-state index in [1.807, 2.05) is 65.0 Å². The molecule has 2 aromatic carbocycles. The lowest BCUT2D eigenvalue weighted by atomic mass is 10.0. The molecule has 0 aliphatic heterocycles. The lowest BCUT2D eigenvalue weighted by Gasteiger charge is -2.23. The molecule has 0 aliphatic carbocycles. The first-order valence-electron chi connectivity index (χ1n) is 9.86. The molecular weight excluding hydrogens is 364 g/mol. The van der Waals surface area contributed by atoms with Crippen molar-refractivity contribution in [2.75, 3.05) is 12.4 Å². The van der Waals surface area contributed by atoms with Crippen LogP contribution in [0.4, 0.5) is 5.69 Å². The maximum absolute atomic E-state index is 13.3. The van der Waals surface area contributed by atoms with E-state index < -0.39 is 6.04 Å². The molecule has 1 N–H and O–H groups in total. The van der Waals surface area contributed by atoms with Gasteiger partial charge in [-0.25, -0.2) is 0 Å². The summed E-state index contributed by atoms with van der Waals surface area (Å²) in [7, 11) is 1.58. The molecule has 5 heteroatoms. The number of aryl methyl sites for hydroxylation is 4. The number of hydrogen-bond acceptors (Lipinski definition) is 3. The number of rotatable bonds is 5. The second-order valence-electron chi connectivity index (χ2n) is 7.58. The number of carbonyl (C=O) groups excluding carboxylic acids is 1. The minimum Gasteiger partial charge on any atom is -0.495 e. The average molecular weight is 392 g/mol. The first kappa shape index (κ1) is 20.6. The summed E-state index contributed by atoms with van der Waals surface area (Å²) in [6, 6.07) is 10.7. The van der Waals surface area contributed by atoms with E-state index in [4.69, 9.17) is 4.74 Å². The number of nitrogens with one attached hydrogen (secondary N) is 1. The van der Waals surface area contributed by atoms with Crippen molar-refractivity contribution in [3.8, 4) is 5.75 Å². The van der Waals surface area contributed by atoms with Gasteiger partial charge in [0.2, 0.25) is 5.91 Å². The van der Waals surface area contributed by atoms with Crippen molar-refractivity contribution in [3.05, 3.63) is 69.0 Å². The van der Waals surface area contributed by atoms with Gasteiger partial charge in [-0.1, -0.05) is 36.8 Å². The Bertz CT molecular complexity index is 1120. The smallest absolute Gasteiger partial charge is 0.252 e. The molecule has 0 saturated carbocycles. The first-order chi connectivity index (χ1) is 13.8. The van der Waals surface area contributed by atoms with Crippen LogP contribution in [-0.2, 0) is 4.79 Å². The molecule has 5 nitrogen and oxygen atoms in total. The highest BCUT2D eigenvalue weighted by Crippen LogP contribution is 2.30. The highest BCUT2D eigenvalue weighted by molar-refractivity contribution is 5.97. The Balaban J connectivity index is 2.15. The summed E-state index contributed by atoms with van der Waals surface area (Å²) < 4.78 is 7.10. The van der Waals surface area contributed by atoms with E-state index in [2.05, 4.69) is 5.32 Å². The lowest BCUT2D eigenvalue weighted by Crippen LogP contribution is -2.33. The Kier molecular flexibility index (Phi) is 5.78. The van der Waals surface area contributed by atoms with E-state index in [1.54, 1.807) is 17.7 Å². The van der Waals surface area contributed by atoms with Crippen molar-refractivity contribution >= 4 is 22.5 Å². The lowest BCUT2D eigenvalue weighted by molar-refractivity contribution is -0.119. The molecular formula is C24H28N2O3. The third-order valence-corrected chi connectivity index (χ3v) is 5.39. The van der Waals surface area contributed by atoms with Crippen LogP contribution in [0.5, 0.6) is 5.75 Å². The number of carbonyl (C=O) groups is 1. The predicted molar refractivity (Wildman–Crippen MR) is 118 cm³/mol. The minimum atomic E-state index is -0.651. The first-order valence-corrected chi connectivity index (χ1v) is 9.86. The highest BCUT2D eigenvalue weighted by Gasteiger charge is 2.24. The van der Waals surface area contributed by atoms with Crippen molar-refractivity contribution in [1.29, 1.82) is 0 Å². The van der Waals surface area contributed by atoms with Gasteiger partial charge in [-0.15, -0.1) is 0 Å². The van der Waals surface area contributed by atoms with Crippen LogP contribution < -0.4 is 15.6 Å². The number of hydrogen-bond donors (Lipinski definition) is 1. The van der Waals surface area contributed by atoms with E-state index in [9.17, 15) is 9.59 Å². The Labute approximate surface area is 171 Å². The molecule has 0 fully saturated rings. The quantitative estimate of drug-likeness (QED) is 0.676. The zero-order valence-electron chi connectivity index (χ0n) is 17.9. The summed E-state index contributed by atoms with van der Waals surface area (Å²) in [5.41, 5.74) is 5.26. The van der Waals surface area contributed by atoms with Crippen molar-refractivity contribution in [1.82, 2.24) is 4.57 Å². The van der Waals surface area contributed by atoms with E-state index in [-0.39, 0.29) is 11.5 Å². The van der Waals surface area contributed by atoms with Crippen LogP contribution in [0.1, 0.15) is 41.6 Å². The summed E-state index contributed by atoms with van der Waals surface area (Å²) in [6.45, 7) is 9.80. The summed E-state index contributed by atoms with van der Waals surface area (Å²) in [6.07, 6.45) is 0.478. The number of aromatic nitrogens is 1. The molecule has 1 unspecified atom stereocenters. The number of amides is 1. The van der Waals surface area contributed by atoms with Gasteiger partial charge in [-0.3, -0.25) is 14.2 Å². The fourth-order valence-corrected chi connectivity index (χ4v) is 4.07. The van der Waals surface area contributed by atoms with Crippen molar-refractivity contribution < 1.29 is 9.53 Å². The van der Waals surface area contributed by atoms with Crippen molar-refractivity contribution in [2.24, 2.45) is 0 Å². The predicted octanol–water partition coefficient (Wildman–Crippen LogP) is 4.83. The second kappa shape index (κ2) is 8.11. The number of para-hydroxylation sites is 1. The van der Waals surface area contributed by atoms with E-state index in [0.29, 0.717) is 17.7 Å². The molecule has 0 aliphatic rings. The van der Waals surface area contributed by atoms with Crippen LogP contribution >= 0.6 is 0 Å². The molecule has 29 heavy (non-hydrogen) atoms. The molecule has 1 amide bonds. The summed E-state index contributed by atoms with van der Waals surface area (Å²) in [5, 5.41) is 3.96. The van der Waals surface area contributed by atoms with Crippen molar-refractivity contribution in [2.45, 2.75) is 47.1 Å². The monoisotopic (exact) mass is 392 g/mol. The molecule has 152 valence electrons. The van der Waals surface area contributed by atoms with Gasteiger partial charge in [0.1, 0.15) is 11.8 Å². The van der Waals surface area contributed by atoms with Gasteiger partial charge in [0, 0.05) is 17.1 Å². The molecule has 3 aromatic rings. The standard InChI is InChI=1S/C24H28N2O3/c1-7-19(24(28)25-22-16(4)11-14(2)12-17(22)5)26-21(27)13-15(3)18-9-8-10-20(29-6)23(18)26/h8-13,19H,7H2,1-6H3,(H,25,28). The number of methoxy groups -OCH3 is 1. The fourth-order valence-electron chi connectivity index (χ4n) is 4.07. The summed E-state index contributed by atoms with van der Waals surface area (Å²) >= 11 is 0. The van der Waals surface area contributed by atoms with Gasteiger partial charge in [0.15, 0.2) is 0 Å². The van der Waals surface area contributed by atoms with E-state index >= 15 is 0 Å². The van der Waals surface area contributed by atoms with Crippen LogP contribution in [0.15, 0.2) is 41.2 Å². The largest absolute Gasteiger partial charge is 0.495 e. The van der Waals surface area contributed by atoms with Crippen LogP contribution in [-0.4, -0.2) is 17.6 Å². The maximum Gasteiger partial charge on any atom is 0.252 e. The topological polar surface area (TPSA) is 60.3 Å². The van der Waals surface area contributed by atoms with Gasteiger partial charge in [-0.05, 0) is 56.9 Å².